The number of halogens is 17. The summed E-state index contributed by atoms with van der Waals surface area (Å²) in [6.07, 6.45) is 2.59. The minimum atomic E-state index is -8.92. The zero-order chi connectivity index (χ0) is 35.0. The predicted octanol–water partition coefficient (Wildman–Crippen LogP) is 7.44. The van der Waals surface area contributed by atoms with E-state index in [9.17, 15) is 92.4 Å². The standard InChI is InChI=1S/C13H23OS.C8HF17O3S/c14-13(12-7-3-1-4-8-12)11-15-9-5-2-6-10-15;9-1(10,3(13,14)5(17,18)7(21,22)23)2(11,12)4(15,16)6(19,20)8(24,25)29(26,27)28/h12H,1-11H2;(H,26,27,28)/q+1;/p-1. The molecule has 0 aromatic rings. The molecule has 262 valence electrons. The van der Waals surface area contributed by atoms with Crippen LogP contribution in [-0.4, -0.2) is 83.0 Å². The van der Waals surface area contributed by atoms with Gasteiger partial charge in [0.2, 0.25) is 0 Å². The van der Waals surface area contributed by atoms with Crippen molar-refractivity contribution in [3.63, 3.8) is 0 Å². The topological polar surface area (TPSA) is 74.3 Å². The number of rotatable bonds is 10. The van der Waals surface area contributed by atoms with Crippen molar-refractivity contribution >= 4 is 26.8 Å². The molecule has 0 N–H and O–H groups in total. The van der Waals surface area contributed by atoms with Crippen LogP contribution in [0.3, 0.4) is 0 Å². The summed E-state index contributed by atoms with van der Waals surface area (Å²) in [4.78, 5) is 12.1. The zero-order valence-electron chi connectivity index (χ0n) is 21.7. The molecule has 0 spiro atoms. The van der Waals surface area contributed by atoms with Crippen LogP contribution >= 0.6 is 0 Å². The Balaban J connectivity index is 0.000000532. The lowest BCUT2D eigenvalue weighted by Crippen LogP contribution is -2.75. The molecule has 1 heterocycles. The number of hydrogen-bond donors (Lipinski definition) is 0. The summed E-state index contributed by atoms with van der Waals surface area (Å²) in [7, 11) is -7.67. The van der Waals surface area contributed by atoms with E-state index in [4.69, 9.17) is 0 Å². The zero-order valence-corrected chi connectivity index (χ0v) is 23.4. The molecule has 44 heavy (non-hydrogen) atoms. The molecule has 0 amide bonds. The molecule has 0 unspecified atom stereocenters. The van der Waals surface area contributed by atoms with Crippen LogP contribution in [0, 0.1) is 5.92 Å². The smallest absolute Gasteiger partial charge is 0.460 e. The highest BCUT2D eigenvalue weighted by Crippen LogP contribution is 2.64. The number of Topliss-reactive ketones (excluding diaryl/α,β-unsaturated/α-hetero) is 1. The van der Waals surface area contributed by atoms with Gasteiger partial charge < -0.3 is 4.55 Å². The SMILES string of the molecule is O=C(C[S+]1CCCCC1)C1CCCCC1.O=S(=O)([O-])C(F)(F)C(F)(F)C(F)(F)C(F)(F)C(F)(F)C(F)(F)C(F)(F)C(F)(F)F. The number of hydrogen-bond acceptors (Lipinski definition) is 4. The molecule has 0 bridgehead atoms. The van der Waals surface area contributed by atoms with E-state index in [1.54, 1.807) is 0 Å². The maximum absolute atomic E-state index is 13.0. The molecular formula is C21H23F17O4S2. The normalized spacial score (nSPS) is 19.8. The van der Waals surface area contributed by atoms with Crippen molar-refractivity contribution in [2.24, 2.45) is 5.92 Å². The van der Waals surface area contributed by atoms with Gasteiger partial charge in [-0.3, -0.25) is 4.79 Å². The third-order valence-electron chi connectivity index (χ3n) is 6.78. The highest BCUT2D eigenvalue weighted by molar-refractivity contribution is 7.97. The van der Waals surface area contributed by atoms with E-state index >= 15 is 0 Å². The Morgan fingerprint density at radius 2 is 0.909 bits per heavy atom. The predicted molar refractivity (Wildman–Crippen MR) is 118 cm³/mol. The average molecular weight is 727 g/mol. The third kappa shape index (κ3) is 7.17. The largest absolute Gasteiger partial charge is 0.743 e. The first-order chi connectivity index (χ1) is 19.4. The van der Waals surface area contributed by atoms with Gasteiger partial charge in [0.1, 0.15) is 11.5 Å². The average Bonchev–Trinajstić information content (AvgIpc) is 2.88. The van der Waals surface area contributed by atoms with Crippen molar-refractivity contribution < 1.29 is 92.4 Å². The van der Waals surface area contributed by atoms with Gasteiger partial charge in [0.15, 0.2) is 21.7 Å². The van der Waals surface area contributed by atoms with Gasteiger partial charge in [-0.25, -0.2) is 8.42 Å². The maximum atomic E-state index is 13.0. The molecular weight excluding hydrogens is 703 g/mol. The van der Waals surface area contributed by atoms with E-state index in [2.05, 4.69) is 0 Å². The Kier molecular flexibility index (Phi) is 12.1. The summed E-state index contributed by atoms with van der Waals surface area (Å²) in [5.41, 5.74) is 0. The molecule has 1 saturated carbocycles. The highest BCUT2D eigenvalue weighted by Gasteiger charge is 2.95. The van der Waals surface area contributed by atoms with Crippen LogP contribution in [0.1, 0.15) is 51.4 Å². The number of carbonyl (C=O) groups is 1. The highest BCUT2D eigenvalue weighted by atomic mass is 32.2. The lowest BCUT2D eigenvalue weighted by molar-refractivity contribution is -0.458. The molecule has 0 radical (unpaired) electrons. The number of alkyl halides is 17. The van der Waals surface area contributed by atoms with Gasteiger partial charge in [0.05, 0.1) is 0 Å². The Hall–Kier alpha value is -1.26. The first-order valence-corrected chi connectivity index (χ1v) is 15.3. The Morgan fingerprint density at radius 1 is 0.568 bits per heavy atom. The van der Waals surface area contributed by atoms with Gasteiger partial charge in [-0.05, 0) is 43.0 Å². The van der Waals surface area contributed by atoms with Gasteiger partial charge in [0, 0.05) is 5.92 Å². The first kappa shape index (κ1) is 40.8. The molecule has 23 heteroatoms. The number of carbonyl (C=O) groups excluding carboxylic acids is 1. The van der Waals surface area contributed by atoms with E-state index in [1.165, 1.54) is 62.9 Å². The molecule has 2 fully saturated rings. The first-order valence-electron chi connectivity index (χ1n) is 12.2. The van der Waals surface area contributed by atoms with Crippen molar-refractivity contribution in [3.05, 3.63) is 0 Å². The van der Waals surface area contributed by atoms with Crippen molar-refractivity contribution in [2.75, 3.05) is 17.3 Å². The third-order valence-corrected chi connectivity index (χ3v) is 10.1. The molecule has 1 aliphatic heterocycles. The van der Waals surface area contributed by atoms with E-state index in [0.29, 0.717) is 22.6 Å². The summed E-state index contributed by atoms with van der Waals surface area (Å²) < 4.78 is 244. The van der Waals surface area contributed by atoms with Crippen LogP contribution in [0.15, 0.2) is 0 Å². The second kappa shape index (κ2) is 13.1. The van der Waals surface area contributed by atoms with Crippen LogP contribution in [0.25, 0.3) is 0 Å². The molecule has 1 saturated heterocycles. The van der Waals surface area contributed by atoms with Crippen molar-refractivity contribution in [3.8, 4) is 0 Å². The molecule has 0 aromatic carbocycles. The fourth-order valence-corrected chi connectivity index (χ4v) is 6.88. The van der Waals surface area contributed by atoms with Crippen LogP contribution in [0.2, 0.25) is 0 Å². The van der Waals surface area contributed by atoms with Crippen LogP contribution in [0.5, 0.6) is 0 Å². The lowest BCUT2D eigenvalue weighted by atomic mass is 9.87. The van der Waals surface area contributed by atoms with Crippen molar-refractivity contribution in [2.45, 2.75) is 98.3 Å². The Bertz CT molecular complexity index is 1090. The molecule has 1 aliphatic carbocycles. The molecule has 2 aliphatic rings. The Morgan fingerprint density at radius 3 is 1.27 bits per heavy atom. The molecule has 0 aromatic heterocycles. The fourth-order valence-electron chi connectivity index (χ4n) is 4.09. The molecule has 0 atom stereocenters. The van der Waals surface area contributed by atoms with Gasteiger partial charge in [-0.1, -0.05) is 19.3 Å². The second-order valence-corrected chi connectivity index (χ2v) is 13.7. The van der Waals surface area contributed by atoms with Crippen LogP contribution in [0.4, 0.5) is 74.6 Å². The van der Waals surface area contributed by atoms with Gasteiger partial charge >= 0.3 is 47.0 Å². The van der Waals surface area contributed by atoms with Crippen LogP contribution < -0.4 is 0 Å². The summed E-state index contributed by atoms with van der Waals surface area (Å²) in [5.74, 6) is -47.5. The summed E-state index contributed by atoms with van der Waals surface area (Å²) in [6, 6.07) is 0. The van der Waals surface area contributed by atoms with E-state index in [0.717, 1.165) is 5.75 Å². The van der Waals surface area contributed by atoms with Crippen LogP contribution in [-0.2, 0) is 25.8 Å². The summed E-state index contributed by atoms with van der Waals surface area (Å²) >= 11 is 0. The van der Waals surface area contributed by atoms with Crippen molar-refractivity contribution in [1.82, 2.24) is 0 Å². The van der Waals surface area contributed by atoms with Gasteiger partial charge in [-0.2, -0.15) is 74.6 Å². The van der Waals surface area contributed by atoms with E-state index < -0.39 is 57.1 Å². The monoisotopic (exact) mass is 726 g/mol. The Labute approximate surface area is 241 Å². The van der Waals surface area contributed by atoms with Crippen molar-refractivity contribution in [1.29, 1.82) is 0 Å². The van der Waals surface area contributed by atoms with E-state index in [-0.39, 0.29) is 0 Å². The van der Waals surface area contributed by atoms with E-state index in [1.807, 2.05) is 0 Å². The second-order valence-electron chi connectivity index (χ2n) is 9.94. The molecule has 2 rings (SSSR count). The quantitative estimate of drug-likeness (QED) is 0.133. The van der Waals surface area contributed by atoms with Gasteiger partial charge in [-0.15, -0.1) is 0 Å². The minimum absolute atomic E-state index is 0.452. The maximum Gasteiger partial charge on any atom is 0.460 e. The minimum Gasteiger partial charge on any atom is -0.743 e. The summed E-state index contributed by atoms with van der Waals surface area (Å²) in [6.45, 7) is 0. The summed E-state index contributed by atoms with van der Waals surface area (Å²) in [5, 5.41) is -7.95. The van der Waals surface area contributed by atoms with Gasteiger partial charge in [0.25, 0.3) is 0 Å². The lowest BCUT2D eigenvalue weighted by Gasteiger charge is -2.42. The number of ketones is 1. The fraction of sp³-hybridized carbons (Fsp3) is 0.952. The molecule has 4 nitrogen and oxygen atoms in total.